The van der Waals surface area contributed by atoms with Crippen molar-refractivity contribution in [1.29, 1.82) is 0 Å². The van der Waals surface area contributed by atoms with Gasteiger partial charge < -0.3 is 61.1 Å². The molecule has 6 heterocycles. The van der Waals surface area contributed by atoms with Crippen LogP contribution >= 0.6 is 47.3 Å². The van der Waals surface area contributed by atoms with Crippen molar-refractivity contribution >= 4 is 121 Å². The number of aromatic nitrogens is 4. The summed E-state index contributed by atoms with van der Waals surface area (Å²) in [6.45, 7) is 11.5. The topological polar surface area (TPSA) is 512 Å². The summed E-state index contributed by atoms with van der Waals surface area (Å²) in [5.41, 5.74) is 8.54. The van der Waals surface area contributed by atoms with Crippen LogP contribution in [0.1, 0.15) is 104 Å². The Bertz CT molecular complexity index is 4100. The molecular weight excluding hydrogens is 1440 g/mol. The molecule has 0 saturated carbocycles. The summed E-state index contributed by atoms with van der Waals surface area (Å²) >= 11 is 2.00. The number of amides is 5. The second kappa shape index (κ2) is 32.8. The molecule has 0 spiro atoms. The van der Waals surface area contributed by atoms with E-state index in [1.54, 1.807) is 6.07 Å². The molecule has 13 N–H and O–H groups in total. The Kier molecular flexibility index (Phi) is 26.1. The third kappa shape index (κ3) is 19.4. The highest BCUT2D eigenvalue weighted by molar-refractivity contribution is 8.00. The number of likely N-dealkylation sites (N-methyl/N-ethyl adjacent to an activating group) is 1. The van der Waals surface area contributed by atoms with Crippen LogP contribution in [0, 0.1) is 5.41 Å². The second-order valence-electron chi connectivity index (χ2n) is 25.2. The van der Waals surface area contributed by atoms with E-state index in [9.17, 15) is 80.4 Å². The molecule has 3 unspecified atom stereocenters. The van der Waals surface area contributed by atoms with E-state index in [0.29, 0.717) is 37.2 Å². The fourth-order valence-electron chi connectivity index (χ4n) is 11.9. The number of ether oxygens (including phenoxy) is 1. The van der Waals surface area contributed by atoms with Crippen molar-refractivity contribution in [3.8, 4) is 0 Å². The van der Waals surface area contributed by atoms with Gasteiger partial charge in [-0.3, -0.25) is 51.6 Å². The van der Waals surface area contributed by atoms with Gasteiger partial charge in [-0.2, -0.15) is 17.3 Å². The fraction of sp³-hybridized carbons (Fsp3) is 0.534. The number of aliphatic hydroxyl groups is 2. The van der Waals surface area contributed by atoms with E-state index in [-0.39, 0.29) is 79.0 Å². The van der Waals surface area contributed by atoms with Crippen LogP contribution in [-0.4, -0.2) is 200 Å². The summed E-state index contributed by atoms with van der Waals surface area (Å²) in [5, 5.41) is 41.5. The molecule has 42 heteroatoms. The second-order valence-corrected chi connectivity index (χ2v) is 32.9. The number of hydrogen-bond donors (Lipinski definition) is 12. The molecule has 0 radical (unpaired) electrons. The number of anilines is 2. The van der Waals surface area contributed by atoms with Gasteiger partial charge in [-0.15, -0.1) is 16.1 Å². The molecule has 0 aliphatic carbocycles. The number of likely N-dealkylation sites (tertiary alicyclic amines) is 1. The molecule has 36 nitrogen and oxygen atoms in total. The van der Waals surface area contributed by atoms with E-state index in [4.69, 9.17) is 29.1 Å². The number of phosphoric ester groups is 3. The summed E-state index contributed by atoms with van der Waals surface area (Å²) in [7, 11) is -21.0. The quantitative estimate of drug-likeness (QED) is 0.00448. The highest BCUT2D eigenvalue weighted by atomic mass is 32.2. The van der Waals surface area contributed by atoms with Crippen molar-refractivity contribution < 1.29 is 122 Å². The largest absolute Gasteiger partial charge is 0.481 e. The summed E-state index contributed by atoms with van der Waals surface area (Å²) in [5.74, 6) is -2.51. The lowest BCUT2D eigenvalue weighted by Crippen LogP contribution is -2.46. The Morgan fingerprint density at radius 1 is 0.910 bits per heavy atom. The molecule has 8 rings (SSSR count). The predicted molar refractivity (Wildman–Crippen MR) is 358 cm³/mol. The number of nitrogens with two attached hydrogens (primary N) is 1. The number of carbonyl (C=O) groups excluding carboxylic acids is 5. The van der Waals surface area contributed by atoms with Crippen molar-refractivity contribution in [3.63, 3.8) is 0 Å². The van der Waals surface area contributed by atoms with Crippen LogP contribution in [0.25, 0.3) is 11.2 Å². The summed E-state index contributed by atoms with van der Waals surface area (Å²) in [4.78, 5) is 120. The van der Waals surface area contributed by atoms with Gasteiger partial charge >= 0.3 is 23.5 Å². The zero-order chi connectivity index (χ0) is 73.5. The van der Waals surface area contributed by atoms with E-state index in [1.165, 1.54) is 26.0 Å². The van der Waals surface area contributed by atoms with Crippen molar-refractivity contribution in [2.45, 2.75) is 144 Å². The molecule has 550 valence electrons. The molecule has 4 aliphatic heterocycles. The van der Waals surface area contributed by atoms with Gasteiger partial charge in [0.05, 0.1) is 47.1 Å². The molecule has 4 aliphatic rings. The molecule has 5 amide bonds. The minimum atomic E-state index is -5.65. The number of fused-ring (bicyclic) bond motifs is 3. The average molecular weight is 1520 g/mol. The molecule has 2 aromatic heterocycles. The average Bonchev–Trinajstić information content (AvgIpc) is 1.60. The SMILES string of the molecule is CCN1C(=CC=CC2=[N+](CCCCCC(=O)NCCN3C(=O)C[C@@H](SCCNC(=O)CCNC(=O)[C@H](O)C(C)(C)COP(=O)(O)OP(=O)(O)OC[C@H]4O[C@@H](n5cnc6c(N)ncnc65)[C@@H](O)C4OP(=O)(O)O)C3=O)c3ccc(SOOO)cc3C2(C)C)C(C)(C)c2cc(S(=O)(=O)O)ccc21. The van der Waals surface area contributed by atoms with Crippen molar-refractivity contribution in [2.24, 2.45) is 5.41 Å². The molecule has 2 fully saturated rings. The summed E-state index contributed by atoms with van der Waals surface area (Å²) in [6, 6.07) is 10.4. The maximum absolute atomic E-state index is 13.2. The number of aliphatic hydroxyl groups excluding tert-OH is 2. The number of thioether (sulfide) groups is 1. The van der Waals surface area contributed by atoms with E-state index in [1.807, 2.05) is 51.1 Å². The number of unbranched alkanes of at least 4 members (excludes halogenated alkanes) is 2. The number of rotatable bonds is 36. The number of carbonyl (C=O) groups is 5. The monoisotopic (exact) mass is 1520 g/mol. The molecule has 100 heavy (non-hydrogen) atoms. The third-order valence-electron chi connectivity index (χ3n) is 17.0. The Hall–Kier alpha value is -5.97. The summed E-state index contributed by atoms with van der Waals surface area (Å²) < 4.78 is 104. The zero-order valence-electron chi connectivity index (χ0n) is 55.2. The van der Waals surface area contributed by atoms with E-state index in [2.05, 4.69) is 74.2 Å². The van der Waals surface area contributed by atoms with E-state index >= 15 is 0 Å². The maximum atomic E-state index is 13.2. The Morgan fingerprint density at radius 3 is 2.32 bits per heavy atom. The highest BCUT2D eigenvalue weighted by Crippen LogP contribution is 2.61. The Balaban J connectivity index is 0.717. The standard InChI is InChI=1S/C58H80N11O25P3S3/c1-8-66-38-19-17-35(100(85,86)87)28-37(38)58(6,7)42(66)13-12-14-43-57(4,5)36-27-34(99-93-92-77)16-18-39(36)67(43)24-11-9-10-15-44(70)60-22-25-68-46(72)29-41(54(68)76)98-26-23-61-45(71)20-21-62-53(75)50(74)56(2,3)31-89-97(83,84)94-96(81,82)88-30-40-49(91-95(78,79)80)48(73)55(90-40)69-33-65-47-51(59)63-32-64-52(47)69/h12-14,16-19,27-28,32-33,40-41,48-50,55,73-74H,8-11,15,20-26,29-31H2,1-7H3,(H10-,59,60,61,62,63,64,70,71,75,77,78,79,80,81,82,83,84,85,86,87)/p+1/t40-,41-,48+,49?,50+,55-/m1/s1. The van der Waals surface area contributed by atoms with Gasteiger partial charge in [0.15, 0.2) is 23.4 Å². The summed E-state index contributed by atoms with van der Waals surface area (Å²) in [6.07, 6.45) is 0.814. The first-order valence-corrected chi connectivity index (χ1v) is 38.9. The van der Waals surface area contributed by atoms with E-state index in [0.717, 1.165) is 79.8 Å². The maximum Gasteiger partial charge on any atom is 0.481 e. The van der Waals surface area contributed by atoms with Crippen LogP contribution in [0.4, 0.5) is 17.2 Å². The fourth-order valence-corrected chi connectivity index (χ4v) is 16.6. The number of nitrogens with one attached hydrogen (secondary N) is 3. The number of imide groups is 1. The lowest BCUT2D eigenvalue weighted by molar-refractivity contribution is -0.438. The smallest absolute Gasteiger partial charge is 0.386 e. The molecule has 0 bridgehead atoms. The van der Waals surface area contributed by atoms with Gasteiger partial charge in [-0.05, 0) is 75.6 Å². The van der Waals surface area contributed by atoms with Gasteiger partial charge in [0.25, 0.3) is 10.1 Å². The first-order valence-electron chi connectivity index (χ1n) is 31.1. The molecule has 2 aromatic carbocycles. The first-order chi connectivity index (χ1) is 46.8. The van der Waals surface area contributed by atoms with Gasteiger partial charge in [-0.1, -0.05) is 38.8 Å². The number of allylic oxidation sites excluding steroid dienone is 4. The number of phosphoric acid groups is 3. The number of nitrogen functional groups attached to an aromatic ring is 1. The van der Waals surface area contributed by atoms with Crippen LogP contribution in [0.5, 0.6) is 0 Å². The van der Waals surface area contributed by atoms with Gasteiger partial charge in [0, 0.05) is 109 Å². The molecule has 8 atom stereocenters. The molecular formula is C58H81N11O25P3S3+. The number of hydrogen-bond acceptors (Lipinski definition) is 27. The Morgan fingerprint density at radius 2 is 1.62 bits per heavy atom. The lowest BCUT2D eigenvalue weighted by atomic mass is 9.81. The van der Waals surface area contributed by atoms with Gasteiger partial charge in [0.1, 0.15) is 42.8 Å². The number of nitrogens with zero attached hydrogens (tertiary/aromatic N) is 7. The molecule has 4 aromatic rings. The normalized spacial score (nSPS) is 21.8. The number of imidazole rings is 1. The minimum Gasteiger partial charge on any atom is -0.386 e. The third-order valence-corrected chi connectivity index (χ3v) is 22.7. The van der Waals surface area contributed by atoms with Crippen LogP contribution in [-0.2, 0) is 90.6 Å². The predicted octanol–water partition coefficient (Wildman–Crippen LogP) is 3.95. The van der Waals surface area contributed by atoms with Crippen LogP contribution in [0.2, 0.25) is 0 Å². The Labute approximate surface area is 582 Å². The molecule has 2 saturated heterocycles. The van der Waals surface area contributed by atoms with Crippen LogP contribution < -0.4 is 26.6 Å². The van der Waals surface area contributed by atoms with Gasteiger partial charge in [0.2, 0.25) is 35.2 Å². The number of benzene rings is 2. The van der Waals surface area contributed by atoms with E-state index < -0.39 is 123 Å². The minimum absolute atomic E-state index is 0.00642. The van der Waals surface area contributed by atoms with Crippen LogP contribution in [0.15, 0.2) is 82.8 Å². The van der Waals surface area contributed by atoms with Crippen molar-refractivity contribution in [1.82, 2.24) is 40.4 Å². The van der Waals surface area contributed by atoms with Gasteiger partial charge in [-0.25, -0.2) is 33.9 Å². The zero-order valence-corrected chi connectivity index (χ0v) is 60.3. The van der Waals surface area contributed by atoms with Crippen molar-refractivity contribution in [3.05, 3.63) is 84.1 Å². The first kappa shape index (κ1) is 79.7. The lowest BCUT2D eigenvalue weighted by Gasteiger charge is -2.30. The van der Waals surface area contributed by atoms with Crippen molar-refractivity contribution in [2.75, 3.05) is 68.9 Å². The highest BCUT2D eigenvalue weighted by Gasteiger charge is 2.51. The van der Waals surface area contributed by atoms with Crippen LogP contribution in [0.3, 0.4) is 0 Å².